The summed E-state index contributed by atoms with van der Waals surface area (Å²) in [6.45, 7) is 2.78. The minimum atomic E-state index is 0.299. The lowest BCUT2D eigenvalue weighted by molar-refractivity contribution is 0.457. The molecule has 4 heteroatoms. The molecular formula is C13H14BrNOS. The second-order valence-electron chi connectivity index (χ2n) is 3.87. The molecule has 90 valence electrons. The molecule has 0 amide bonds. The first-order valence-electron chi connectivity index (χ1n) is 5.41. The van der Waals surface area contributed by atoms with Crippen LogP contribution in [0.25, 0.3) is 0 Å². The third-order valence-electron chi connectivity index (χ3n) is 2.64. The van der Waals surface area contributed by atoms with Gasteiger partial charge in [0.25, 0.3) is 0 Å². The Labute approximate surface area is 113 Å². The van der Waals surface area contributed by atoms with Crippen molar-refractivity contribution < 1.29 is 5.11 Å². The van der Waals surface area contributed by atoms with Crippen LogP contribution >= 0.6 is 27.3 Å². The van der Waals surface area contributed by atoms with Gasteiger partial charge in [-0.15, -0.1) is 11.3 Å². The van der Waals surface area contributed by atoms with E-state index in [0.29, 0.717) is 18.3 Å². The first kappa shape index (κ1) is 12.6. The first-order valence-corrected chi connectivity index (χ1v) is 7.09. The van der Waals surface area contributed by atoms with Crippen molar-refractivity contribution in [2.45, 2.75) is 19.5 Å². The van der Waals surface area contributed by atoms with Crippen LogP contribution in [0.2, 0.25) is 0 Å². The molecule has 0 saturated heterocycles. The highest BCUT2D eigenvalue weighted by molar-refractivity contribution is 9.10. The standard InChI is InChI=1S/C13H14BrNOS/c1-9(12-6-3-7-17-12)15-8-10-4-2-5-11(14)13(10)16/h2-7,9,15-16H,8H2,1H3/t9-/m0/s1. The third-order valence-corrected chi connectivity index (χ3v) is 4.33. The first-order chi connectivity index (χ1) is 8.18. The van der Waals surface area contributed by atoms with E-state index in [1.165, 1.54) is 4.88 Å². The minimum Gasteiger partial charge on any atom is -0.506 e. The number of hydrogen-bond donors (Lipinski definition) is 2. The second-order valence-corrected chi connectivity index (χ2v) is 5.70. The maximum atomic E-state index is 9.86. The molecule has 0 bridgehead atoms. The molecular weight excluding hydrogens is 298 g/mol. The number of rotatable bonds is 4. The summed E-state index contributed by atoms with van der Waals surface area (Å²) in [5.74, 6) is 0.318. The fourth-order valence-electron chi connectivity index (χ4n) is 1.60. The smallest absolute Gasteiger partial charge is 0.134 e. The molecule has 0 aliphatic carbocycles. The zero-order valence-electron chi connectivity index (χ0n) is 9.48. The van der Waals surface area contributed by atoms with Gasteiger partial charge in [-0.1, -0.05) is 18.2 Å². The summed E-state index contributed by atoms with van der Waals surface area (Å²) < 4.78 is 0.737. The SMILES string of the molecule is C[C@H](NCc1cccc(Br)c1O)c1cccs1. The number of aromatic hydroxyl groups is 1. The Bertz CT molecular complexity index is 484. The van der Waals surface area contributed by atoms with Crippen LogP contribution in [0.1, 0.15) is 23.4 Å². The van der Waals surface area contributed by atoms with E-state index in [2.05, 4.69) is 45.7 Å². The number of phenols is 1. The average Bonchev–Trinajstić information content (AvgIpc) is 2.84. The normalized spacial score (nSPS) is 12.6. The van der Waals surface area contributed by atoms with E-state index < -0.39 is 0 Å². The van der Waals surface area contributed by atoms with E-state index in [1.807, 2.05) is 18.2 Å². The van der Waals surface area contributed by atoms with Crippen molar-refractivity contribution in [2.24, 2.45) is 0 Å². The van der Waals surface area contributed by atoms with Crippen LogP contribution < -0.4 is 5.32 Å². The van der Waals surface area contributed by atoms with Gasteiger partial charge in [-0.05, 0) is 40.4 Å². The number of thiophene rings is 1. The molecule has 1 heterocycles. The van der Waals surface area contributed by atoms with Gasteiger partial charge in [0.1, 0.15) is 5.75 Å². The number of phenolic OH excluding ortho intramolecular Hbond substituents is 1. The lowest BCUT2D eigenvalue weighted by atomic mass is 10.2. The van der Waals surface area contributed by atoms with Crippen molar-refractivity contribution in [3.05, 3.63) is 50.6 Å². The quantitative estimate of drug-likeness (QED) is 0.892. The van der Waals surface area contributed by atoms with E-state index in [0.717, 1.165) is 10.0 Å². The Morgan fingerprint density at radius 3 is 2.88 bits per heavy atom. The predicted molar refractivity (Wildman–Crippen MR) is 75.4 cm³/mol. The summed E-state index contributed by atoms with van der Waals surface area (Å²) in [5.41, 5.74) is 0.905. The monoisotopic (exact) mass is 311 g/mol. The largest absolute Gasteiger partial charge is 0.506 e. The van der Waals surface area contributed by atoms with Crippen molar-refractivity contribution >= 4 is 27.3 Å². The predicted octanol–water partition coefficient (Wildman–Crippen LogP) is 4.07. The Hall–Kier alpha value is -0.840. The third kappa shape index (κ3) is 3.09. The second kappa shape index (κ2) is 5.67. The average molecular weight is 312 g/mol. The van der Waals surface area contributed by atoms with Gasteiger partial charge < -0.3 is 10.4 Å². The number of nitrogens with one attached hydrogen (secondary N) is 1. The fourth-order valence-corrected chi connectivity index (χ4v) is 2.77. The van der Waals surface area contributed by atoms with E-state index in [4.69, 9.17) is 0 Å². The molecule has 0 aliphatic rings. The van der Waals surface area contributed by atoms with Gasteiger partial charge in [0, 0.05) is 23.0 Å². The Balaban J connectivity index is 2.00. The number of para-hydroxylation sites is 1. The van der Waals surface area contributed by atoms with E-state index in [-0.39, 0.29) is 0 Å². The number of hydrogen-bond acceptors (Lipinski definition) is 3. The van der Waals surface area contributed by atoms with Crippen LogP contribution in [0.15, 0.2) is 40.2 Å². The lowest BCUT2D eigenvalue weighted by Gasteiger charge is -2.13. The molecule has 2 rings (SSSR count). The highest BCUT2D eigenvalue weighted by Crippen LogP contribution is 2.28. The van der Waals surface area contributed by atoms with Crippen molar-refractivity contribution in [1.29, 1.82) is 0 Å². The molecule has 0 spiro atoms. The van der Waals surface area contributed by atoms with E-state index in [1.54, 1.807) is 11.3 Å². The molecule has 0 aliphatic heterocycles. The van der Waals surface area contributed by atoms with Crippen LogP contribution in [-0.4, -0.2) is 5.11 Å². The van der Waals surface area contributed by atoms with Crippen molar-refractivity contribution in [3.63, 3.8) is 0 Å². The number of benzene rings is 1. The summed E-state index contributed by atoms with van der Waals surface area (Å²) in [5, 5.41) is 15.3. The van der Waals surface area contributed by atoms with Gasteiger partial charge >= 0.3 is 0 Å². The summed E-state index contributed by atoms with van der Waals surface area (Å²) in [6.07, 6.45) is 0. The molecule has 0 unspecified atom stereocenters. The van der Waals surface area contributed by atoms with Gasteiger partial charge in [0.05, 0.1) is 4.47 Å². The summed E-state index contributed by atoms with van der Waals surface area (Å²) >= 11 is 5.06. The molecule has 2 aromatic rings. The Kier molecular flexibility index (Phi) is 4.20. The molecule has 0 radical (unpaired) electrons. The van der Waals surface area contributed by atoms with Crippen molar-refractivity contribution in [1.82, 2.24) is 5.32 Å². The van der Waals surface area contributed by atoms with E-state index in [9.17, 15) is 5.11 Å². The van der Waals surface area contributed by atoms with Gasteiger partial charge in [-0.3, -0.25) is 0 Å². The maximum Gasteiger partial charge on any atom is 0.134 e. The highest BCUT2D eigenvalue weighted by atomic mass is 79.9. The van der Waals surface area contributed by atoms with Crippen LogP contribution in [0.3, 0.4) is 0 Å². The van der Waals surface area contributed by atoms with Gasteiger partial charge in [-0.25, -0.2) is 0 Å². The van der Waals surface area contributed by atoms with E-state index >= 15 is 0 Å². The summed E-state index contributed by atoms with van der Waals surface area (Å²) in [4.78, 5) is 1.31. The zero-order valence-corrected chi connectivity index (χ0v) is 11.9. The molecule has 1 atom stereocenters. The lowest BCUT2D eigenvalue weighted by Crippen LogP contribution is -2.17. The van der Waals surface area contributed by atoms with Crippen LogP contribution in [0, 0.1) is 0 Å². The maximum absolute atomic E-state index is 9.86. The highest BCUT2D eigenvalue weighted by Gasteiger charge is 2.08. The minimum absolute atomic E-state index is 0.299. The van der Waals surface area contributed by atoms with Crippen molar-refractivity contribution in [2.75, 3.05) is 0 Å². The van der Waals surface area contributed by atoms with Crippen molar-refractivity contribution in [3.8, 4) is 5.75 Å². The Morgan fingerprint density at radius 1 is 1.35 bits per heavy atom. The van der Waals surface area contributed by atoms with Crippen LogP contribution in [-0.2, 0) is 6.54 Å². The molecule has 17 heavy (non-hydrogen) atoms. The van der Waals surface area contributed by atoms with Gasteiger partial charge in [0.15, 0.2) is 0 Å². The van der Waals surface area contributed by atoms with Gasteiger partial charge in [-0.2, -0.15) is 0 Å². The molecule has 1 aromatic heterocycles. The molecule has 0 saturated carbocycles. The topological polar surface area (TPSA) is 32.3 Å². The van der Waals surface area contributed by atoms with Crippen LogP contribution in [0.4, 0.5) is 0 Å². The fraction of sp³-hybridized carbons (Fsp3) is 0.231. The molecule has 0 fully saturated rings. The summed E-state index contributed by atoms with van der Waals surface area (Å²) in [6, 6.07) is 10.2. The summed E-state index contributed by atoms with van der Waals surface area (Å²) in [7, 11) is 0. The number of halogens is 1. The molecule has 2 nitrogen and oxygen atoms in total. The van der Waals surface area contributed by atoms with Gasteiger partial charge in [0.2, 0.25) is 0 Å². The Morgan fingerprint density at radius 2 is 2.18 bits per heavy atom. The zero-order chi connectivity index (χ0) is 12.3. The molecule has 2 N–H and O–H groups in total. The molecule has 1 aromatic carbocycles. The van der Waals surface area contributed by atoms with Crippen LogP contribution in [0.5, 0.6) is 5.75 Å².